The van der Waals surface area contributed by atoms with Gasteiger partial charge in [-0.15, -0.1) is 4.91 Å². The van der Waals surface area contributed by atoms with Crippen molar-refractivity contribution in [3.8, 4) is 17.6 Å². The maximum Gasteiger partial charge on any atom is 0.203 e. The Morgan fingerprint density at radius 1 is 1.23 bits per heavy atom. The number of methoxy groups -OCH3 is 1. The Morgan fingerprint density at radius 2 is 2.00 bits per heavy atom. The molecule has 112 valence electrons. The number of hydrogen-bond acceptors (Lipinski definition) is 5. The van der Waals surface area contributed by atoms with Gasteiger partial charge in [0.25, 0.3) is 0 Å². The Kier molecular flexibility index (Phi) is 5.10. The number of rotatable bonds is 6. The largest absolute Gasteiger partial charge is 0.493 e. The van der Waals surface area contributed by atoms with Gasteiger partial charge in [0.15, 0.2) is 11.5 Å². The highest BCUT2D eigenvalue weighted by atomic mass is 16.5. The summed E-state index contributed by atoms with van der Waals surface area (Å²) in [6.07, 6.45) is 0. The van der Waals surface area contributed by atoms with Gasteiger partial charge in [-0.25, -0.2) is 0 Å². The van der Waals surface area contributed by atoms with Crippen LogP contribution in [0.3, 0.4) is 0 Å². The van der Waals surface area contributed by atoms with Crippen molar-refractivity contribution in [3.05, 3.63) is 64.1 Å². The minimum absolute atomic E-state index is 0.225. The normalized spacial score (nSPS) is 11.3. The molecule has 2 aromatic carbocycles. The average molecular weight is 296 g/mol. The average Bonchev–Trinajstić information content (AvgIpc) is 2.55. The third-order valence-electron chi connectivity index (χ3n) is 3.28. The molecule has 0 N–H and O–H groups in total. The number of nitroso groups, excluding NO2 is 1. The predicted octanol–water partition coefficient (Wildman–Crippen LogP) is 3.91. The van der Waals surface area contributed by atoms with Gasteiger partial charge in [0.1, 0.15) is 6.61 Å². The molecule has 0 spiro atoms. The summed E-state index contributed by atoms with van der Waals surface area (Å²) in [6.45, 7) is 2.19. The van der Waals surface area contributed by atoms with Crippen LogP contribution < -0.4 is 9.47 Å². The highest BCUT2D eigenvalue weighted by Gasteiger charge is 2.15. The molecule has 0 amide bonds. The molecular formula is C17H16N2O3. The monoisotopic (exact) mass is 296 g/mol. The summed E-state index contributed by atoms with van der Waals surface area (Å²) >= 11 is 0. The van der Waals surface area contributed by atoms with Crippen molar-refractivity contribution in [1.82, 2.24) is 0 Å². The zero-order valence-corrected chi connectivity index (χ0v) is 12.4. The van der Waals surface area contributed by atoms with E-state index in [2.05, 4.69) is 5.18 Å². The lowest BCUT2D eigenvalue weighted by molar-refractivity contribution is 0.283. The van der Waals surface area contributed by atoms with Crippen molar-refractivity contribution < 1.29 is 9.47 Å². The van der Waals surface area contributed by atoms with E-state index in [-0.39, 0.29) is 6.61 Å². The van der Waals surface area contributed by atoms with E-state index in [9.17, 15) is 4.91 Å². The molecule has 1 unspecified atom stereocenters. The molecule has 0 aliphatic carbocycles. The molecule has 1 atom stereocenters. The number of nitriles is 1. The van der Waals surface area contributed by atoms with Crippen molar-refractivity contribution in [1.29, 1.82) is 5.26 Å². The van der Waals surface area contributed by atoms with Crippen LogP contribution in [0.25, 0.3) is 0 Å². The van der Waals surface area contributed by atoms with Gasteiger partial charge in [-0.2, -0.15) is 5.26 Å². The maximum atomic E-state index is 10.8. The second-order valence-electron chi connectivity index (χ2n) is 4.78. The van der Waals surface area contributed by atoms with Gasteiger partial charge in [0.05, 0.1) is 13.2 Å². The minimum atomic E-state index is -1.03. The van der Waals surface area contributed by atoms with Crippen LogP contribution in [-0.4, -0.2) is 7.11 Å². The van der Waals surface area contributed by atoms with Gasteiger partial charge >= 0.3 is 0 Å². The van der Waals surface area contributed by atoms with Crippen LogP contribution in [0.4, 0.5) is 0 Å². The summed E-state index contributed by atoms with van der Waals surface area (Å²) in [7, 11) is 1.58. The molecule has 5 nitrogen and oxygen atoms in total. The summed E-state index contributed by atoms with van der Waals surface area (Å²) in [4.78, 5) is 10.8. The molecule has 2 rings (SSSR count). The fraction of sp³-hybridized carbons (Fsp3) is 0.235. The first kappa shape index (κ1) is 15.5. The van der Waals surface area contributed by atoms with Crippen LogP contribution in [0.5, 0.6) is 11.5 Å². The van der Waals surface area contributed by atoms with E-state index >= 15 is 0 Å². The number of benzene rings is 2. The van der Waals surface area contributed by atoms with Crippen LogP contribution >= 0.6 is 0 Å². The standard InChI is InChI=1S/C17H16N2O3/c1-12-7-8-16(17(9-12)21-2)22-11-13-5-3-4-6-14(13)15(10-18)19-20/h3-9,15H,11H2,1-2H3. The van der Waals surface area contributed by atoms with E-state index in [1.165, 1.54) is 0 Å². The second kappa shape index (κ2) is 7.23. The summed E-state index contributed by atoms with van der Waals surface area (Å²) in [5.74, 6) is 1.25. The third-order valence-corrected chi connectivity index (χ3v) is 3.28. The molecule has 0 saturated carbocycles. The molecule has 0 fully saturated rings. The molecule has 0 aliphatic rings. The minimum Gasteiger partial charge on any atom is -0.493 e. The van der Waals surface area contributed by atoms with E-state index in [0.717, 1.165) is 11.1 Å². The Hall–Kier alpha value is -2.87. The van der Waals surface area contributed by atoms with E-state index in [0.29, 0.717) is 17.1 Å². The van der Waals surface area contributed by atoms with Gasteiger partial charge < -0.3 is 9.47 Å². The van der Waals surface area contributed by atoms with E-state index in [4.69, 9.17) is 14.7 Å². The molecule has 0 radical (unpaired) electrons. The van der Waals surface area contributed by atoms with E-state index < -0.39 is 6.04 Å². The SMILES string of the molecule is COc1cc(C)ccc1OCc1ccccc1C(C#N)N=O. The molecule has 5 heteroatoms. The number of nitrogens with zero attached hydrogens (tertiary/aromatic N) is 2. The molecule has 2 aromatic rings. The number of ether oxygens (including phenoxy) is 2. The zero-order valence-electron chi connectivity index (χ0n) is 12.4. The molecular weight excluding hydrogens is 280 g/mol. The Labute approximate surface area is 129 Å². The molecule has 0 aromatic heterocycles. The summed E-state index contributed by atoms with van der Waals surface area (Å²) in [5.41, 5.74) is 2.38. The van der Waals surface area contributed by atoms with Crippen molar-refractivity contribution in [3.63, 3.8) is 0 Å². The molecule has 0 bridgehead atoms. The van der Waals surface area contributed by atoms with Crippen molar-refractivity contribution in [2.45, 2.75) is 19.6 Å². The lowest BCUT2D eigenvalue weighted by Crippen LogP contribution is -2.03. The van der Waals surface area contributed by atoms with Gasteiger partial charge in [-0.3, -0.25) is 0 Å². The topological polar surface area (TPSA) is 71.7 Å². The lowest BCUT2D eigenvalue weighted by Gasteiger charge is -2.13. The molecule has 22 heavy (non-hydrogen) atoms. The van der Waals surface area contributed by atoms with Crippen molar-refractivity contribution in [2.24, 2.45) is 5.18 Å². The Bertz CT molecular complexity index is 707. The molecule has 0 saturated heterocycles. The second-order valence-corrected chi connectivity index (χ2v) is 4.78. The van der Waals surface area contributed by atoms with Crippen LogP contribution in [0.1, 0.15) is 22.7 Å². The van der Waals surface area contributed by atoms with Crippen LogP contribution in [-0.2, 0) is 6.61 Å². The number of hydrogen-bond donors (Lipinski definition) is 0. The smallest absolute Gasteiger partial charge is 0.203 e. The van der Waals surface area contributed by atoms with E-state index in [1.807, 2.05) is 43.3 Å². The van der Waals surface area contributed by atoms with Gasteiger partial charge in [0, 0.05) is 5.56 Å². The third kappa shape index (κ3) is 3.41. The number of aryl methyl sites for hydroxylation is 1. The Balaban J connectivity index is 2.23. The Morgan fingerprint density at radius 3 is 2.68 bits per heavy atom. The first-order valence-electron chi connectivity index (χ1n) is 6.77. The van der Waals surface area contributed by atoms with E-state index in [1.54, 1.807) is 19.2 Å². The zero-order chi connectivity index (χ0) is 15.9. The van der Waals surface area contributed by atoms with Gasteiger partial charge in [-0.05, 0) is 35.4 Å². The van der Waals surface area contributed by atoms with Crippen molar-refractivity contribution in [2.75, 3.05) is 7.11 Å². The predicted molar refractivity (Wildman–Crippen MR) is 82.7 cm³/mol. The highest BCUT2D eigenvalue weighted by Crippen LogP contribution is 2.29. The summed E-state index contributed by atoms with van der Waals surface area (Å²) < 4.78 is 11.1. The summed E-state index contributed by atoms with van der Waals surface area (Å²) in [5, 5.41) is 11.8. The van der Waals surface area contributed by atoms with Gasteiger partial charge in [0.2, 0.25) is 6.04 Å². The first-order valence-corrected chi connectivity index (χ1v) is 6.77. The summed E-state index contributed by atoms with van der Waals surface area (Å²) in [6, 6.07) is 13.6. The quantitative estimate of drug-likeness (QED) is 0.757. The van der Waals surface area contributed by atoms with Crippen LogP contribution in [0.15, 0.2) is 47.6 Å². The fourth-order valence-corrected chi connectivity index (χ4v) is 2.13. The van der Waals surface area contributed by atoms with Crippen molar-refractivity contribution >= 4 is 0 Å². The lowest BCUT2D eigenvalue weighted by atomic mass is 10.0. The van der Waals surface area contributed by atoms with Crippen LogP contribution in [0.2, 0.25) is 0 Å². The van der Waals surface area contributed by atoms with Gasteiger partial charge in [-0.1, -0.05) is 30.3 Å². The maximum absolute atomic E-state index is 10.8. The molecule has 0 aliphatic heterocycles. The molecule has 0 heterocycles. The fourth-order valence-electron chi connectivity index (χ4n) is 2.13. The first-order chi connectivity index (χ1) is 10.7. The van der Waals surface area contributed by atoms with Crippen LogP contribution in [0, 0.1) is 23.2 Å². The highest BCUT2D eigenvalue weighted by molar-refractivity contribution is 5.43.